The molecule has 8 nitrogen and oxygen atoms in total. The second-order valence-corrected chi connectivity index (χ2v) is 8.32. The van der Waals surface area contributed by atoms with Crippen molar-refractivity contribution in [3.05, 3.63) is 71.8 Å². The highest BCUT2D eigenvalue weighted by Gasteiger charge is 2.47. The number of carbonyl (C=O) groups is 2. The molecule has 0 spiro atoms. The van der Waals surface area contributed by atoms with Crippen LogP contribution in [0.3, 0.4) is 0 Å². The Kier molecular flexibility index (Phi) is 5.54. The number of aromatic nitrogens is 2. The number of carbonyl (C=O) groups excluding carboxylic acids is 2. The molecule has 2 atom stereocenters. The molecule has 11 heteroatoms. The third-order valence-corrected chi connectivity index (χ3v) is 6.20. The Morgan fingerprint density at radius 3 is 2.26 bits per heavy atom. The molecule has 2 aromatic heterocycles. The van der Waals surface area contributed by atoms with Gasteiger partial charge in [-0.3, -0.25) is 9.59 Å². The van der Waals surface area contributed by atoms with Gasteiger partial charge in [0, 0.05) is 38.7 Å². The SMILES string of the molecule is O=C(c1cc2n(n1)[C@H](C(F)(F)F)C[C@H](c1ccccc1)N2)N1CCN(C(=O)c2ccco2)CC1. The summed E-state index contributed by atoms with van der Waals surface area (Å²) in [5.74, 6) is -0.360. The summed E-state index contributed by atoms with van der Waals surface area (Å²) in [5.41, 5.74) is 0.672. The summed E-state index contributed by atoms with van der Waals surface area (Å²) in [7, 11) is 0. The summed E-state index contributed by atoms with van der Waals surface area (Å²) >= 11 is 0. The number of halogens is 3. The first kappa shape index (κ1) is 22.1. The number of rotatable bonds is 3. The monoisotopic (exact) mass is 473 g/mol. The van der Waals surface area contributed by atoms with Crippen LogP contribution in [0.2, 0.25) is 0 Å². The zero-order valence-corrected chi connectivity index (χ0v) is 18.0. The molecule has 1 fully saturated rings. The number of piperazine rings is 1. The van der Waals surface area contributed by atoms with Crippen LogP contribution < -0.4 is 5.32 Å². The minimum Gasteiger partial charge on any atom is -0.459 e. The average Bonchev–Trinajstić information content (AvgIpc) is 3.53. The normalized spacial score (nSPS) is 20.6. The van der Waals surface area contributed by atoms with E-state index in [0.29, 0.717) is 13.1 Å². The largest absolute Gasteiger partial charge is 0.459 e. The van der Waals surface area contributed by atoms with Crippen LogP contribution in [0.25, 0.3) is 0 Å². The molecule has 2 aliphatic heterocycles. The van der Waals surface area contributed by atoms with Gasteiger partial charge >= 0.3 is 6.18 Å². The second kappa shape index (κ2) is 8.54. The van der Waals surface area contributed by atoms with Crippen molar-refractivity contribution >= 4 is 17.6 Å². The molecule has 2 amide bonds. The molecule has 0 unspecified atom stereocenters. The van der Waals surface area contributed by atoms with Gasteiger partial charge in [0.2, 0.25) is 0 Å². The van der Waals surface area contributed by atoms with Crippen molar-refractivity contribution in [1.82, 2.24) is 19.6 Å². The molecule has 5 rings (SSSR count). The molecule has 0 aliphatic carbocycles. The predicted octanol–water partition coefficient (Wildman–Crippen LogP) is 3.73. The molecule has 1 N–H and O–H groups in total. The van der Waals surface area contributed by atoms with Crippen LogP contribution in [-0.2, 0) is 0 Å². The van der Waals surface area contributed by atoms with Crippen molar-refractivity contribution in [3.8, 4) is 0 Å². The average molecular weight is 473 g/mol. The first-order valence-corrected chi connectivity index (χ1v) is 10.9. The number of fused-ring (bicyclic) bond motifs is 1. The topological polar surface area (TPSA) is 83.6 Å². The van der Waals surface area contributed by atoms with Crippen molar-refractivity contribution in [3.63, 3.8) is 0 Å². The molecule has 178 valence electrons. The van der Waals surface area contributed by atoms with Crippen LogP contribution in [0.1, 0.15) is 45.1 Å². The lowest BCUT2D eigenvalue weighted by Gasteiger charge is -2.34. The van der Waals surface area contributed by atoms with Crippen LogP contribution in [-0.4, -0.2) is 63.7 Å². The minimum absolute atomic E-state index is 0.0590. The molecule has 3 aromatic rings. The fraction of sp³-hybridized carbons (Fsp3) is 0.348. The number of hydrogen-bond donors (Lipinski definition) is 1. The van der Waals surface area contributed by atoms with E-state index in [4.69, 9.17) is 4.42 Å². The van der Waals surface area contributed by atoms with Crippen molar-refractivity contribution in [1.29, 1.82) is 0 Å². The number of hydrogen-bond acceptors (Lipinski definition) is 5. The van der Waals surface area contributed by atoms with Gasteiger partial charge in [0.1, 0.15) is 5.82 Å². The Labute approximate surface area is 192 Å². The van der Waals surface area contributed by atoms with Gasteiger partial charge < -0.3 is 19.5 Å². The second-order valence-electron chi connectivity index (χ2n) is 8.32. The van der Waals surface area contributed by atoms with Gasteiger partial charge in [-0.25, -0.2) is 4.68 Å². The van der Waals surface area contributed by atoms with Crippen LogP contribution in [0.4, 0.5) is 19.0 Å². The first-order chi connectivity index (χ1) is 16.3. The van der Waals surface area contributed by atoms with Crippen LogP contribution in [0.5, 0.6) is 0 Å². The number of amides is 2. The van der Waals surface area contributed by atoms with Crippen molar-refractivity contribution in [2.45, 2.75) is 24.7 Å². The predicted molar refractivity (Wildman–Crippen MR) is 115 cm³/mol. The van der Waals surface area contributed by atoms with E-state index in [9.17, 15) is 22.8 Å². The van der Waals surface area contributed by atoms with E-state index in [-0.39, 0.29) is 42.7 Å². The van der Waals surface area contributed by atoms with Gasteiger partial charge in [-0.2, -0.15) is 18.3 Å². The van der Waals surface area contributed by atoms with E-state index in [1.165, 1.54) is 17.2 Å². The van der Waals surface area contributed by atoms with Crippen LogP contribution >= 0.6 is 0 Å². The van der Waals surface area contributed by atoms with Gasteiger partial charge in [0.15, 0.2) is 17.5 Å². The molecule has 4 heterocycles. The molecular formula is C23H22F3N5O3. The van der Waals surface area contributed by atoms with Gasteiger partial charge in [-0.05, 0) is 17.7 Å². The molecular weight excluding hydrogens is 451 g/mol. The van der Waals surface area contributed by atoms with Crippen LogP contribution in [0.15, 0.2) is 59.2 Å². The lowest BCUT2D eigenvalue weighted by molar-refractivity contribution is -0.173. The molecule has 1 saturated heterocycles. The smallest absolute Gasteiger partial charge is 0.410 e. The number of furan rings is 1. The molecule has 2 aliphatic rings. The maximum absolute atomic E-state index is 13.9. The zero-order valence-electron chi connectivity index (χ0n) is 18.0. The number of nitrogens with one attached hydrogen (secondary N) is 1. The number of anilines is 1. The summed E-state index contributed by atoms with van der Waals surface area (Å²) in [5, 5.41) is 7.14. The summed E-state index contributed by atoms with van der Waals surface area (Å²) in [6, 6.07) is 11.1. The fourth-order valence-electron chi connectivity index (χ4n) is 4.41. The van der Waals surface area contributed by atoms with E-state index < -0.39 is 24.2 Å². The molecule has 34 heavy (non-hydrogen) atoms. The Morgan fingerprint density at radius 1 is 0.971 bits per heavy atom. The van der Waals surface area contributed by atoms with Crippen molar-refractivity contribution in [2.24, 2.45) is 0 Å². The molecule has 0 saturated carbocycles. The highest BCUT2D eigenvalue weighted by atomic mass is 19.4. The Morgan fingerprint density at radius 2 is 1.65 bits per heavy atom. The quantitative estimate of drug-likeness (QED) is 0.627. The zero-order chi connectivity index (χ0) is 23.9. The summed E-state index contributed by atoms with van der Waals surface area (Å²) in [4.78, 5) is 28.5. The van der Waals surface area contributed by atoms with Crippen molar-refractivity contribution in [2.75, 3.05) is 31.5 Å². The van der Waals surface area contributed by atoms with Gasteiger partial charge in [0.05, 0.1) is 12.3 Å². The molecule has 0 radical (unpaired) electrons. The lowest BCUT2D eigenvalue weighted by Crippen LogP contribution is -2.50. The summed E-state index contributed by atoms with van der Waals surface area (Å²) in [6.07, 6.45) is -3.34. The number of nitrogens with zero attached hydrogens (tertiary/aromatic N) is 4. The summed E-state index contributed by atoms with van der Waals surface area (Å²) < 4.78 is 47.6. The van der Waals surface area contributed by atoms with E-state index in [1.807, 2.05) is 0 Å². The van der Waals surface area contributed by atoms with E-state index in [2.05, 4.69) is 10.4 Å². The highest BCUT2D eigenvalue weighted by Crippen LogP contribution is 2.43. The van der Waals surface area contributed by atoms with Crippen molar-refractivity contribution < 1.29 is 27.2 Å². The summed E-state index contributed by atoms with van der Waals surface area (Å²) in [6.45, 7) is 1.07. The minimum atomic E-state index is -4.52. The standard InChI is InChI=1S/C23H22F3N5O3/c24-23(25,26)19-13-16(15-5-2-1-3-6-15)27-20-14-17(28-31(19)20)21(32)29-8-10-30(11-9-29)22(33)18-7-4-12-34-18/h1-7,12,14,16,19,27H,8-11,13H2/t16-,19+/m1/s1. The van der Waals surface area contributed by atoms with Crippen LogP contribution in [0, 0.1) is 0 Å². The highest BCUT2D eigenvalue weighted by molar-refractivity contribution is 5.94. The van der Waals surface area contributed by atoms with Gasteiger partial charge in [0.25, 0.3) is 11.8 Å². The maximum atomic E-state index is 13.9. The Balaban J connectivity index is 1.33. The van der Waals surface area contributed by atoms with E-state index in [1.54, 1.807) is 47.4 Å². The lowest BCUT2D eigenvalue weighted by atomic mass is 9.97. The third-order valence-electron chi connectivity index (χ3n) is 6.20. The maximum Gasteiger partial charge on any atom is 0.410 e. The number of benzene rings is 1. The third kappa shape index (κ3) is 4.13. The number of alkyl halides is 3. The van der Waals surface area contributed by atoms with Gasteiger partial charge in [-0.1, -0.05) is 30.3 Å². The van der Waals surface area contributed by atoms with Gasteiger partial charge in [-0.15, -0.1) is 0 Å². The Bertz CT molecular complexity index is 1170. The molecule has 1 aromatic carbocycles. The fourth-order valence-corrected chi connectivity index (χ4v) is 4.41. The van der Waals surface area contributed by atoms with E-state index >= 15 is 0 Å². The first-order valence-electron chi connectivity index (χ1n) is 10.9. The van der Waals surface area contributed by atoms with E-state index in [0.717, 1.165) is 10.2 Å². The molecule has 0 bridgehead atoms. The Hall–Kier alpha value is -3.76.